The monoisotopic (exact) mass is 1330 g/mol. The van der Waals surface area contributed by atoms with Crippen molar-refractivity contribution in [3.05, 3.63) is 248 Å². The molecular weight excluding hydrogens is 1300 g/mol. The Balaban J connectivity index is 0. The van der Waals surface area contributed by atoms with Crippen LogP contribution in [0.5, 0.6) is 0 Å². The summed E-state index contributed by atoms with van der Waals surface area (Å²) in [5.41, 5.74) is 13.3. The van der Waals surface area contributed by atoms with Crippen molar-refractivity contribution in [3.63, 3.8) is 0 Å². The summed E-state index contributed by atoms with van der Waals surface area (Å²) >= 11 is 2.39. The van der Waals surface area contributed by atoms with Crippen LogP contribution in [-0.4, -0.2) is 19.9 Å². The number of pyridine rings is 4. The molecule has 0 saturated carbocycles. The molecule has 0 aliphatic heterocycles. The molecule has 6 aromatic carbocycles. The van der Waals surface area contributed by atoms with Crippen molar-refractivity contribution in [2.24, 2.45) is 0 Å². The van der Waals surface area contributed by atoms with Crippen molar-refractivity contribution < 1.29 is 73.6 Å². The van der Waals surface area contributed by atoms with E-state index in [-0.39, 0.29) is 0 Å². The van der Waals surface area contributed by atoms with Crippen LogP contribution in [0.1, 0.15) is 0 Å². The predicted molar refractivity (Wildman–Crippen MR) is 259 cm³/mol. The first-order chi connectivity index (χ1) is 35.8. The third-order valence-corrected chi connectivity index (χ3v) is 9.58. The Morgan fingerprint density at radius 3 is 0.542 bits per heavy atom. The Hall–Kier alpha value is -7.22. The smallest absolute Gasteiger partial charge is 0.0970 e. The van der Waals surface area contributed by atoms with E-state index < -0.39 is 0 Å². The van der Waals surface area contributed by atoms with Crippen LogP contribution in [0.2, 0.25) is 0 Å². The molecule has 0 atom stereocenters. The molecule has 0 saturated heterocycles. The summed E-state index contributed by atoms with van der Waals surface area (Å²) in [7, 11) is 9.39. The number of halogens is 2. The Labute approximate surface area is 445 Å². The molecule has 16 heteroatoms. The first-order valence-electron chi connectivity index (χ1n) is 19.3. The maximum atomic E-state index is 7.50. The van der Waals surface area contributed by atoms with E-state index in [1.807, 2.05) is 49.1 Å². The maximum Gasteiger partial charge on any atom is 0.0970 e. The molecule has 12 nitrogen and oxygen atoms in total. The van der Waals surface area contributed by atoms with Crippen LogP contribution in [0.15, 0.2) is 195 Å². The summed E-state index contributed by atoms with van der Waals surface area (Å²) in [5.74, 6) is 0. The van der Waals surface area contributed by atoms with Gasteiger partial charge in [-0.3, -0.25) is 19.9 Å². The molecule has 0 aliphatic rings. The van der Waals surface area contributed by atoms with Gasteiger partial charge in [0.05, 0.1) is 22.1 Å². The zero-order chi connectivity index (χ0) is 54.7. The van der Waals surface area contributed by atoms with Gasteiger partial charge in [0.2, 0.25) is 0 Å². The van der Waals surface area contributed by atoms with Gasteiger partial charge in [-0.15, -0.1) is 0 Å². The van der Waals surface area contributed by atoms with Gasteiger partial charge in [-0.05, 0) is 68.8 Å². The Morgan fingerprint density at radius 2 is 0.389 bits per heavy atom. The Bertz CT molecular complexity index is 2820. The molecule has 0 aliphatic carbocycles. The number of hydrogen-bond acceptors (Lipinski definition) is 4. The predicted octanol–water partition coefficient (Wildman–Crippen LogP) is 13.3. The standard InChI is InChI=1S/2C24H16N2.8CO.2ClH.2Re/c2*1-3-7-17(8-4-1)19-13-15-25-23-21(19)11-12-22-20(14-16-26-24(22)23)18-9-5-2-6-10-18;8*1-2;;;;/h2*1-16H;;;;;;;;;2*1H;;/q;;;;;;;;;;;;2*+1/p-2. The van der Waals surface area contributed by atoms with Crippen LogP contribution >= 0.6 is 19.1 Å². The summed E-state index contributed by atoms with van der Waals surface area (Å²) in [6, 6.07) is 58.7. The fourth-order valence-electron chi connectivity index (χ4n) is 7.13. The fraction of sp³-hybridized carbons (Fsp3) is 0. The van der Waals surface area contributed by atoms with Crippen LogP contribution < -0.4 is 0 Å². The molecule has 4 aromatic heterocycles. The van der Waals surface area contributed by atoms with E-state index in [9.17, 15) is 0 Å². The summed E-state index contributed by atoms with van der Waals surface area (Å²) in [5, 5.41) is 4.51. The zero-order valence-corrected chi connectivity index (χ0v) is 44.0. The molecule has 0 radical (unpaired) electrons. The number of rotatable bonds is 4. The number of hydrogen-bond donors (Lipinski definition) is 0. The van der Waals surface area contributed by atoms with Gasteiger partial charge in [0, 0.05) is 46.3 Å². The molecule has 4 heterocycles. The quantitative estimate of drug-likeness (QED) is 0.0956. The van der Waals surface area contributed by atoms with Crippen molar-refractivity contribution in [1.29, 1.82) is 0 Å². The van der Waals surface area contributed by atoms with Gasteiger partial charge in [0.1, 0.15) is 0 Å². The first kappa shape index (κ1) is 66.9. The second-order valence-electron chi connectivity index (χ2n) is 12.6. The molecule has 0 unspecified atom stereocenters. The minimum absolute atomic E-state index is 0.946. The molecule has 0 spiro atoms. The summed E-state index contributed by atoms with van der Waals surface area (Å²) in [6.45, 7) is 36.0. The normalized spacial score (nSPS) is 8.39. The van der Waals surface area contributed by atoms with E-state index in [0.717, 1.165) is 43.6 Å². The van der Waals surface area contributed by atoms with Crippen molar-refractivity contribution in [2.45, 2.75) is 0 Å². The van der Waals surface area contributed by atoms with Crippen molar-refractivity contribution in [2.75, 3.05) is 0 Å². The molecule has 72 heavy (non-hydrogen) atoms. The zero-order valence-electron chi connectivity index (χ0n) is 37.0. The topological polar surface area (TPSA) is 211 Å². The van der Waals surface area contributed by atoms with Crippen LogP contribution in [0.4, 0.5) is 0 Å². The van der Waals surface area contributed by atoms with Crippen LogP contribution in [-0.2, 0) is 73.6 Å². The summed E-state index contributed by atoms with van der Waals surface area (Å²) < 4.78 is 60.0. The Morgan fingerprint density at radius 1 is 0.236 bits per heavy atom. The minimum atomic E-state index is 0.946. The number of benzene rings is 6. The average Bonchev–Trinajstić information content (AvgIpc) is 3.52. The van der Waals surface area contributed by atoms with E-state index in [0.29, 0.717) is 0 Å². The molecule has 10 rings (SSSR count). The van der Waals surface area contributed by atoms with E-state index >= 15 is 0 Å². The fourth-order valence-corrected chi connectivity index (χ4v) is 7.13. The van der Waals surface area contributed by atoms with Crippen LogP contribution in [0, 0.1) is 53.2 Å². The second-order valence-corrected chi connectivity index (χ2v) is 12.6. The van der Waals surface area contributed by atoms with Gasteiger partial charge in [0.15, 0.2) is 0 Å². The van der Waals surface area contributed by atoms with E-state index in [4.69, 9.17) is 56.3 Å². The third kappa shape index (κ3) is 18.2. The van der Waals surface area contributed by atoms with Gasteiger partial charge >= 0.3 is 146 Å². The number of fused-ring (bicyclic) bond motifs is 6. The Kier molecular flexibility index (Phi) is 39.6. The molecule has 10 aromatic rings. The minimum Gasteiger partial charge on any atom is -0.254 e. The third-order valence-electron chi connectivity index (χ3n) is 9.58. The average molecular weight is 1330 g/mol. The van der Waals surface area contributed by atoms with Gasteiger partial charge in [-0.1, -0.05) is 146 Å². The van der Waals surface area contributed by atoms with Crippen molar-refractivity contribution in [3.8, 4) is 44.5 Å². The van der Waals surface area contributed by atoms with E-state index in [2.05, 4.69) is 219 Å². The first-order valence-corrected chi connectivity index (χ1v) is 26.0. The number of nitrogens with zero attached hydrogens (tertiary/aromatic N) is 4. The van der Waals surface area contributed by atoms with Crippen molar-refractivity contribution >= 4 is 62.7 Å². The van der Waals surface area contributed by atoms with Gasteiger partial charge < -0.3 is 0 Å². The SMILES string of the molecule is [C-]#[O+].[C-]#[O+].[C-]#[O+].[C-]#[O+].[C-]#[O+].[C-]#[O+].[C-]#[O+].[C-]#[O+].[Cl][Re].[Cl][Re].c1ccc(-c2ccnc3c2ccc2c(-c4ccccc4)ccnc23)cc1.c1ccc(-c2ccnc3c2ccc2c(-c4ccccc4)ccnc23)cc1. The van der Waals surface area contributed by atoms with Crippen LogP contribution in [0.3, 0.4) is 0 Å². The second kappa shape index (κ2) is 42.6. The molecular formula is C56H32Cl2N4O8Re2. The largest absolute Gasteiger partial charge is 0.254 e. The molecule has 0 bridgehead atoms. The summed E-state index contributed by atoms with van der Waals surface area (Å²) in [4.78, 5) is 18.7. The van der Waals surface area contributed by atoms with Crippen LogP contribution in [0.25, 0.3) is 88.1 Å². The van der Waals surface area contributed by atoms with E-state index in [1.54, 1.807) is 0 Å². The van der Waals surface area contributed by atoms with Crippen molar-refractivity contribution in [1.82, 2.24) is 19.9 Å². The molecule has 0 amide bonds. The molecule has 0 N–H and O–H groups in total. The van der Waals surface area contributed by atoms with E-state index in [1.165, 1.54) is 80.9 Å². The number of aromatic nitrogens is 4. The maximum absolute atomic E-state index is 7.50. The molecule has 352 valence electrons. The van der Waals surface area contributed by atoms with Gasteiger partial charge in [-0.25, -0.2) is 0 Å². The van der Waals surface area contributed by atoms with Gasteiger partial charge in [-0.2, -0.15) is 0 Å². The molecule has 0 fully saturated rings. The summed E-state index contributed by atoms with van der Waals surface area (Å²) in [6.07, 6.45) is 7.50. The van der Waals surface area contributed by atoms with Gasteiger partial charge in [0.25, 0.3) is 0 Å².